The highest BCUT2D eigenvalue weighted by molar-refractivity contribution is 7.92. The summed E-state index contributed by atoms with van der Waals surface area (Å²) >= 11 is 0. The molecule has 0 spiro atoms. The monoisotopic (exact) mass is 248 g/mol. The zero-order chi connectivity index (χ0) is 12.3. The molecule has 1 rings (SSSR count). The highest BCUT2D eigenvalue weighted by atomic mass is 32.2. The Labute approximate surface area is 96.9 Å². The molecule has 1 amide bonds. The summed E-state index contributed by atoms with van der Waals surface area (Å²) < 4.78 is 22.5. The smallest absolute Gasteiger partial charge is 0.240 e. The first-order chi connectivity index (χ1) is 7.36. The van der Waals surface area contributed by atoms with Crippen molar-refractivity contribution in [2.45, 2.75) is 25.0 Å². The Morgan fingerprint density at radius 3 is 2.69 bits per heavy atom. The fraction of sp³-hybridized carbons (Fsp3) is 0.900. The first kappa shape index (κ1) is 13.4. The second-order valence-corrected chi connectivity index (χ2v) is 6.85. The topological polar surface area (TPSA) is 80.5 Å². The first-order valence-corrected chi connectivity index (χ1v) is 7.49. The Kier molecular flexibility index (Phi) is 4.32. The van der Waals surface area contributed by atoms with Crippen molar-refractivity contribution >= 4 is 15.7 Å². The number of hydrogen-bond donors (Lipinski definition) is 1. The van der Waals surface area contributed by atoms with E-state index in [1.807, 2.05) is 0 Å². The lowest BCUT2D eigenvalue weighted by Crippen LogP contribution is -2.40. The Morgan fingerprint density at radius 1 is 1.56 bits per heavy atom. The number of nitrogens with zero attached hydrogens (tertiary/aromatic N) is 1. The maximum atomic E-state index is 11.9. The minimum Gasteiger partial charge on any atom is -0.341 e. The van der Waals surface area contributed by atoms with Crippen LogP contribution in [0.4, 0.5) is 0 Å². The number of sulfone groups is 1. The summed E-state index contributed by atoms with van der Waals surface area (Å²) in [4.78, 5) is 13.5. The fourth-order valence-corrected chi connectivity index (χ4v) is 2.46. The lowest BCUT2D eigenvalue weighted by molar-refractivity contribution is -0.129. The van der Waals surface area contributed by atoms with Gasteiger partial charge in [0.1, 0.15) is 5.25 Å². The molecule has 5 nitrogen and oxygen atoms in total. The Bertz CT molecular complexity index is 353. The summed E-state index contributed by atoms with van der Waals surface area (Å²) in [5.41, 5.74) is 5.46. The molecule has 2 unspecified atom stereocenters. The zero-order valence-corrected chi connectivity index (χ0v) is 10.7. The van der Waals surface area contributed by atoms with E-state index in [1.54, 1.807) is 4.90 Å². The van der Waals surface area contributed by atoms with Crippen molar-refractivity contribution < 1.29 is 13.2 Å². The van der Waals surface area contributed by atoms with Crippen molar-refractivity contribution in [1.82, 2.24) is 4.90 Å². The molecule has 1 aliphatic rings. The summed E-state index contributed by atoms with van der Waals surface area (Å²) in [5.74, 6) is 0.155. The van der Waals surface area contributed by atoms with Gasteiger partial charge in [-0.1, -0.05) is 0 Å². The SMILES string of the molecule is CC(C(=O)N1CCC(CCN)C1)S(C)(=O)=O. The Hall–Kier alpha value is -0.620. The van der Waals surface area contributed by atoms with Gasteiger partial charge in [0, 0.05) is 19.3 Å². The van der Waals surface area contributed by atoms with Gasteiger partial charge in [0.25, 0.3) is 0 Å². The maximum Gasteiger partial charge on any atom is 0.240 e. The van der Waals surface area contributed by atoms with Gasteiger partial charge in [-0.3, -0.25) is 4.79 Å². The third-order valence-corrected chi connectivity index (χ3v) is 4.65. The average Bonchev–Trinajstić information content (AvgIpc) is 2.63. The molecule has 0 aliphatic carbocycles. The van der Waals surface area contributed by atoms with Crippen molar-refractivity contribution in [2.24, 2.45) is 11.7 Å². The molecular formula is C10H20N2O3S. The van der Waals surface area contributed by atoms with Gasteiger partial charge in [-0.25, -0.2) is 8.42 Å². The van der Waals surface area contributed by atoms with Crippen LogP contribution in [0.5, 0.6) is 0 Å². The van der Waals surface area contributed by atoms with Crippen molar-refractivity contribution in [2.75, 3.05) is 25.9 Å². The first-order valence-electron chi connectivity index (χ1n) is 5.54. The molecule has 0 aromatic heterocycles. The van der Waals surface area contributed by atoms with E-state index in [-0.39, 0.29) is 5.91 Å². The van der Waals surface area contributed by atoms with Crippen LogP contribution in [0.2, 0.25) is 0 Å². The van der Waals surface area contributed by atoms with E-state index in [1.165, 1.54) is 6.92 Å². The van der Waals surface area contributed by atoms with E-state index < -0.39 is 15.1 Å². The van der Waals surface area contributed by atoms with Gasteiger partial charge >= 0.3 is 0 Å². The number of nitrogens with two attached hydrogens (primary N) is 1. The van der Waals surface area contributed by atoms with Gasteiger partial charge in [-0.2, -0.15) is 0 Å². The summed E-state index contributed by atoms with van der Waals surface area (Å²) in [6.45, 7) is 3.38. The van der Waals surface area contributed by atoms with Crippen LogP contribution in [-0.4, -0.2) is 50.4 Å². The molecule has 1 heterocycles. The largest absolute Gasteiger partial charge is 0.341 e. The Balaban J connectivity index is 2.58. The third kappa shape index (κ3) is 3.18. The van der Waals surface area contributed by atoms with Gasteiger partial charge < -0.3 is 10.6 Å². The van der Waals surface area contributed by atoms with Crippen LogP contribution < -0.4 is 5.73 Å². The number of hydrogen-bond acceptors (Lipinski definition) is 4. The van der Waals surface area contributed by atoms with E-state index >= 15 is 0 Å². The second-order valence-electron chi connectivity index (χ2n) is 4.49. The minimum atomic E-state index is -3.29. The molecule has 0 aromatic carbocycles. The molecule has 1 fully saturated rings. The number of carbonyl (C=O) groups is 1. The molecule has 1 aliphatic heterocycles. The van der Waals surface area contributed by atoms with E-state index in [0.29, 0.717) is 25.6 Å². The molecule has 2 atom stereocenters. The number of rotatable bonds is 4. The molecule has 0 radical (unpaired) electrons. The summed E-state index contributed by atoms with van der Waals surface area (Å²) in [6, 6.07) is 0. The number of carbonyl (C=O) groups excluding carboxylic acids is 1. The van der Waals surface area contributed by atoms with E-state index in [4.69, 9.17) is 5.73 Å². The van der Waals surface area contributed by atoms with Crippen LogP contribution in [0.3, 0.4) is 0 Å². The highest BCUT2D eigenvalue weighted by Crippen LogP contribution is 2.20. The molecule has 0 saturated carbocycles. The third-order valence-electron chi connectivity index (χ3n) is 3.16. The minimum absolute atomic E-state index is 0.276. The van der Waals surface area contributed by atoms with Gasteiger partial charge in [0.2, 0.25) is 5.91 Å². The van der Waals surface area contributed by atoms with Crippen LogP contribution in [0.1, 0.15) is 19.8 Å². The number of likely N-dealkylation sites (tertiary alicyclic amines) is 1. The maximum absolute atomic E-state index is 11.9. The van der Waals surface area contributed by atoms with Crippen LogP contribution in [0.25, 0.3) is 0 Å². The Morgan fingerprint density at radius 2 is 2.19 bits per heavy atom. The van der Waals surface area contributed by atoms with Crippen molar-refractivity contribution in [3.8, 4) is 0 Å². The molecule has 94 valence electrons. The predicted molar refractivity (Wildman–Crippen MR) is 62.7 cm³/mol. The molecule has 1 saturated heterocycles. The van der Waals surface area contributed by atoms with Gasteiger partial charge in [-0.05, 0) is 32.2 Å². The highest BCUT2D eigenvalue weighted by Gasteiger charge is 2.32. The molecule has 2 N–H and O–H groups in total. The number of amides is 1. The quantitative estimate of drug-likeness (QED) is 0.735. The van der Waals surface area contributed by atoms with E-state index in [2.05, 4.69) is 0 Å². The zero-order valence-electron chi connectivity index (χ0n) is 9.85. The molecule has 0 bridgehead atoms. The van der Waals surface area contributed by atoms with Crippen molar-refractivity contribution in [3.05, 3.63) is 0 Å². The summed E-state index contributed by atoms with van der Waals surface area (Å²) in [6.07, 6.45) is 2.93. The average molecular weight is 248 g/mol. The van der Waals surface area contributed by atoms with Crippen molar-refractivity contribution in [3.63, 3.8) is 0 Å². The van der Waals surface area contributed by atoms with Gasteiger partial charge in [0.15, 0.2) is 9.84 Å². The van der Waals surface area contributed by atoms with Crippen LogP contribution in [0.15, 0.2) is 0 Å². The second kappa shape index (κ2) is 5.14. The van der Waals surface area contributed by atoms with Gasteiger partial charge in [-0.15, -0.1) is 0 Å². The normalized spacial score (nSPS) is 23.4. The van der Waals surface area contributed by atoms with E-state index in [9.17, 15) is 13.2 Å². The van der Waals surface area contributed by atoms with Gasteiger partial charge in [0.05, 0.1) is 0 Å². The molecule has 6 heteroatoms. The molecule has 16 heavy (non-hydrogen) atoms. The standard InChI is InChI=1S/C10H20N2O3S/c1-8(16(2,14)15)10(13)12-6-4-9(7-12)3-5-11/h8-9H,3-7,11H2,1-2H3. The van der Waals surface area contributed by atoms with Crippen molar-refractivity contribution in [1.29, 1.82) is 0 Å². The molecular weight excluding hydrogens is 228 g/mol. The van der Waals surface area contributed by atoms with Crippen LogP contribution in [0, 0.1) is 5.92 Å². The van der Waals surface area contributed by atoms with E-state index in [0.717, 1.165) is 19.1 Å². The summed E-state index contributed by atoms with van der Waals surface area (Å²) in [5, 5.41) is -0.927. The van der Waals surface area contributed by atoms with Crippen LogP contribution >= 0.6 is 0 Å². The lowest BCUT2D eigenvalue weighted by Gasteiger charge is -2.19. The predicted octanol–water partition coefficient (Wildman–Crippen LogP) is -0.383. The molecule has 0 aromatic rings. The lowest BCUT2D eigenvalue weighted by atomic mass is 10.1. The van der Waals surface area contributed by atoms with Crippen LogP contribution in [-0.2, 0) is 14.6 Å². The fourth-order valence-electron chi connectivity index (χ4n) is 1.94. The summed E-state index contributed by atoms with van der Waals surface area (Å²) in [7, 11) is -3.29.